The van der Waals surface area contributed by atoms with Gasteiger partial charge in [0.15, 0.2) is 0 Å². The minimum absolute atomic E-state index is 0.285. The Morgan fingerprint density at radius 2 is 1.71 bits per heavy atom. The van der Waals surface area contributed by atoms with Crippen LogP contribution in [0.3, 0.4) is 0 Å². The first-order chi connectivity index (χ1) is 11.3. The maximum absolute atomic E-state index is 13.0. The molecule has 0 bridgehead atoms. The first-order valence-electron chi connectivity index (χ1n) is 8.27. The van der Waals surface area contributed by atoms with E-state index in [2.05, 4.69) is 0 Å². The zero-order chi connectivity index (χ0) is 17.9. The Balaban J connectivity index is 2.22. The molecule has 1 aromatic carbocycles. The molecular formula is C17H26N2O4S. The van der Waals surface area contributed by atoms with E-state index in [4.69, 9.17) is 4.74 Å². The van der Waals surface area contributed by atoms with Gasteiger partial charge in [0.25, 0.3) is 0 Å². The van der Waals surface area contributed by atoms with E-state index in [1.54, 1.807) is 17.9 Å². The summed E-state index contributed by atoms with van der Waals surface area (Å²) in [5.74, 6) is 0. The molecule has 0 saturated carbocycles. The van der Waals surface area contributed by atoms with E-state index in [9.17, 15) is 13.2 Å². The Kier molecular flexibility index (Phi) is 5.87. The van der Waals surface area contributed by atoms with Crippen molar-refractivity contribution in [2.24, 2.45) is 0 Å². The molecule has 1 amide bonds. The number of ether oxygens (including phenoxy) is 1. The van der Waals surface area contributed by atoms with Crippen molar-refractivity contribution < 1.29 is 17.9 Å². The van der Waals surface area contributed by atoms with Crippen LogP contribution >= 0.6 is 0 Å². The van der Waals surface area contributed by atoms with E-state index < -0.39 is 10.0 Å². The maximum Gasteiger partial charge on any atom is 0.409 e. The highest BCUT2D eigenvalue weighted by Crippen LogP contribution is 2.24. The Hall–Kier alpha value is -1.60. The fourth-order valence-electron chi connectivity index (χ4n) is 2.88. The van der Waals surface area contributed by atoms with Gasteiger partial charge in [0.1, 0.15) is 0 Å². The number of carbonyl (C=O) groups excluding carboxylic acids is 1. The molecule has 0 spiro atoms. The monoisotopic (exact) mass is 354 g/mol. The number of rotatable bonds is 3. The number of sulfonamides is 1. The summed E-state index contributed by atoms with van der Waals surface area (Å²) >= 11 is 0. The molecular weight excluding hydrogens is 328 g/mol. The SMILES string of the molecule is CCOC(=O)N1CCCN(S(=O)(=O)c2cc(C)c(C)cc2C)CC1. The van der Waals surface area contributed by atoms with Gasteiger partial charge in [-0.1, -0.05) is 6.07 Å². The van der Waals surface area contributed by atoms with Gasteiger partial charge in [-0.25, -0.2) is 13.2 Å². The lowest BCUT2D eigenvalue weighted by Crippen LogP contribution is -2.37. The van der Waals surface area contributed by atoms with Crippen LogP contribution in [0.5, 0.6) is 0 Å². The summed E-state index contributed by atoms with van der Waals surface area (Å²) in [4.78, 5) is 13.8. The molecule has 1 aliphatic rings. The van der Waals surface area contributed by atoms with Crippen LogP contribution in [0.25, 0.3) is 0 Å². The lowest BCUT2D eigenvalue weighted by Gasteiger charge is -2.22. The van der Waals surface area contributed by atoms with Crippen LogP contribution in [0.15, 0.2) is 17.0 Å². The van der Waals surface area contributed by atoms with Crippen LogP contribution in [0.2, 0.25) is 0 Å². The quantitative estimate of drug-likeness (QED) is 0.836. The topological polar surface area (TPSA) is 66.9 Å². The predicted octanol–water partition coefficient (Wildman–Crippen LogP) is 2.46. The summed E-state index contributed by atoms with van der Waals surface area (Å²) in [5.41, 5.74) is 2.79. The number of carbonyl (C=O) groups is 1. The van der Waals surface area contributed by atoms with E-state index in [0.29, 0.717) is 37.6 Å². The second-order valence-corrected chi connectivity index (χ2v) is 8.05. The summed E-state index contributed by atoms with van der Waals surface area (Å²) in [6, 6.07) is 3.65. The van der Waals surface area contributed by atoms with Crippen molar-refractivity contribution in [1.29, 1.82) is 0 Å². The second-order valence-electron chi connectivity index (χ2n) is 6.15. The molecule has 0 aromatic heterocycles. The third kappa shape index (κ3) is 3.89. The predicted molar refractivity (Wildman–Crippen MR) is 92.6 cm³/mol. The molecule has 24 heavy (non-hydrogen) atoms. The fraction of sp³-hybridized carbons (Fsp3) is 0.588. The van der Waals surface area contributed by atoms with E-state index in [-0.39, 0.29) is 12.6 Å². The van der Waals surface area contributed by atoms with E-state index in [1.807, 2.05) is 26.8 Å². The van der Waals surface area contributed by atoms with E-state index in [1.165, 1.54) is 4.31 Å². The first-order valence-corrected chi connectivity index (χ1v) is 9.71. The van der Waals surface area contributed by atoms with Crippen molar-refractivity contribution in [3.63, 3.8) is 0 Å². The van der Waals surface area contributed by atoms with Crippen molar-refractivity contribution in [2.75, 3.05) is 32.8 Å². The van der Waals surface area contributed by atoms with Gasteiger partial charge in [0, 0.05) is 26.2 Å². The molecule has 0 atom stereocenters. The standard InChI is InChI=1S/C17H26N2O4S/c1-5-23-17(20)18-7-6-8-19(10-9-18)24(21,22)16-12-14(3)13(2)11-15(16)4/h11-12H,5-10H2,1-4H3. The molecule has 134 valence electrons. The lowest BCUT2D eigenvalue weighted by molar-refractivity contribution is 0.109. The Morgan fingerprint density at radius 3 is 2.38 bits per heavy atom. The molecule has 1 heterocycles. The van der Waals surface area contributed by atoms with Gasteiger partial charge < -0.3 is 9.64 Å². The van der Waals surface area contributed by atoms with Crippen molar-refractivity contribution in [3.05, 3.63) is 28.8 Å². The molecule has 1 fully saturated rings. The van der Waals surface area contributed by atoms with Gasteiger partial charge in [0.05, 0.1) is 11.5 Å². The Labute approximate surface area is 144 Å². The van der Waals surface area contributed by atoms with E-state index >= 15 is 0 Å². The van der Waals surface area contributed by atoms with Gasteiger partial charge in [-0.15, -0.1) is 0 Å². The van der Waals surface area contributed by atoms with Crippen molar-refractivity contribution in [1.82, 2.24) is 9.21 Å². The molecule has 7 heteroatoms. The average molecular weight is 354 g/mol. The van der Waals surface area contributed by atoms with Crippen molar-refractivity contribution in [3.8, 4) is 0 Å². The number of aryl methyl sites for hydroxylation is 3. The van der Waals surface area contributed by atoms with Gasteiger partial charge >= 0.3 is 6.09 Å². The fourth-order valence-corrected chi connectivity index (χ4v) is 4.64. The van der Waals surface area contributed by atoms with Gasteiger partial charge in [-0.05, 0) is 56.9 Å². The van der Waals surface area contributed by atoms with E-state index in [0.717, 1.165) is 16.7 Å². The molecule has 1 aliphatic heterocycles. The highest BCUT2D eigenvalue weighted by molar-refractivity contribution is 7.89. The number of benzene rings is 1. The summed E-state index contributed by atoms with van der Waals surface area (Å²) in [6.45, 7) is 9.34. The highest BCUT2D eigenvalue weighted by Gasteiger charge is 2.29. The summed E-state index contributed by atoms with van der Waals surface area (Å²) in [6.07, 6.45) is 0.223. The minimum atomic E-state index is -3.56. The van der Waals surface area contributed by atoms with Gasteiger partial charge in [-0.3, -0.25) is 0 Å². The largest absolute Gasteiger partial charge is 0.450 e. The molecule has 2 rings (SSSR count). The number of hydrogen-bond acceptors (Lipinski definition) is 4. The Bertz CT molecular complexity index is 716. The molecule has 0 unspecified atom stereocenters. The molecule has 1 aromatic rings. The van der Waals surface area contributed by atoms with Crippen LogP contribution in [0.4, 0.5) is 4.79 Å². The summed E-state index contributed by atoms with van der Waals surface area (Å²) in [5, 5.41) is 0. The second kappa shape index (κ2) is 7.53. The zero-order valence-corrected chi connectivity index (χ0v) is 15.6. The summed E-state index contributed by atoms with van der Waals surface area (Å²) < 4.78 is 32.5. The normalized spacial score (nSPS) is 16.8. The molecule has 0 radical (unpaired) electrons. The molecule has 6 nitrogen and oxygen atoms in total. The van der Waals surface area contributed by atoms with Crippen LogP contribution in [0.1, 0.15) is 30.0 Å². The minimum Gasteiger partial charge on any atom is -0.450 e. The summed E-state index contributed by atoms with van der Waals surface area (Å²) in [7, 11) is -3.56. The molecule has 0 N–H and O–H groups in total. The number of hydrogen-bond donors (Lipinski definition) is 0. The average Bonchev–Trinajstić information content (AvgIpc) is 2.77. The smallest absolute Gasteiger partial charge is 0.409 e. The molecule has 0 aliphatic carbocycles. The van der Waals surface area contributed by atoms with Gasteiger partial charge in [0.2, 0.25) is 10.0 Å². The number of amides is 1. The van der Waals surface area contributed by atoms with Crippen molar-refractivity contribution >= 4 is 16.1 Å². The van der Waals surface area contributed by atoms with Crippen LogP contribution in [-0.4, -0.2) is 56.5 Å². The maximum atomic E-state index is 13.0. The third-order valence-corrected chi connectivity index (χ3v) is 6.43. The van der Waals surface area contributed by atoms with Crippen LogP contribution in [0, 0.1) is 20.8 Å². The van der Waals surface area contributed by atoms with Gasteiger partial charge in [-0.2, -0.15) is 4.31 Å². The molecule has 1 saturated heterocycles. The zero-order valence-electron chi connectivity index (χ0n) is 14.8. The third-order valence-electron chi connectivity index (χ3n) is 4.39. The number of nitrogens with zero attached hydrogens (tertiary/aromatic N) is 2. The van der Waals surface area contributed by atoms with Crippen LogP contribution in [-0.2, 0) is 14.8 Å². The van der Waals surface area contributed by atoms with Crippen LogP contribution < -0.4 is 0 Å². The first kappa shape index (κ1) is 18.7. The van der Waals surface area contributed by atoms with Crippen molar-refractivity contribution in [2.45, 2.75) is 39.0 Å². The Morgan fingerprint density at radius 1 is 1.04 bits per heavy atom. The highest BCUT2D eigenvalue weighted by atomic mass is 32.2. The lowest BCUT2D eigenvalue weighted by atomic mass is 10.1.